The zero-order chi connectivity index (χ0) is 16.5. The van der Waals surface area contributed by atoms with E-state index in [0.29, 0.717) is 17.8 Å². The van der Waals surface area contributed by atoms with Gasteiger partial charge in [0.15, 0.2) is 0 Å². The van der Waals surface area contributed by atoms with Crippen molar-refractivity contribution in [1.82, 2.24) is 5.32 Å². The van der Waals surface area contributed by atoms with Crippen LogP contribution in [0.25, 0.3) is 6.08 Å². The maximum absolute atomic E-state index is 12.0. The van der Waals surface area contributed by atoms with Gasteiger partial charge in [-0.2, -0.15) is 0 Å². The van der Waals surface area contributed by atoms with E-state index in [2.05, 4.69) is 10.6 Å². The molecule has 0 aromatic heterocycles. The number of anilines is 1. The first-order chi connectivity index (χ1) is 11.1. The normalized spacial score (nSPS) is 10.5. The molecule has 0 spiro atoms. The predicted molar refractivity (Wildman–Crippen MR) is 93.2 cm³/mol. The molecule has 0 aliphatic heterocycles. The highest BCUT2D eigenvalue weighted by Gasteiger charge is 2.04. The van der Waals surface area contributed by atoms with Crippen LogP contribution in [0.15, 0.2) is 60.7 Å². The molecule has 2 amide bonds. The molecular formula is C19H20N2O2. The summed E-state index contributed by atoms with van der Waals surface area (Å²) < 4.78 is 0. The Morgan fingerprint density at radius 3 is 2.35 bits per heavy atom. The number of hydrogen-bond acceptors (Lipinski definition) is 2. The SMILES string of the molecule is CC(=O)Nc1ccc(C(=O)NCC/C=C/c2ccccc2)cc1. The van der Waals surface area contributed by atoms with E-state index in [1.54, 1.807) is 24.3 Å². The van der Waals surface area contributed by atoms with Crippen molar-refractivity contribution >= 4 is 23.6 Å². The molecule has 118 valence electrons. The van der Waals surface area contributed by atoms with Crippen molar-refractivity contribution in [3.8, 4) is 0 Å². The Morgan fingerprint density at radius 1 is 1.00 bits per heavy atom. The van der Waals surface area contributed by atoms with Gasteiger partial charge < -0.3 is 10.6 Å². The summed E-state index contributed by atoms with van der Waals surface area (Å²) in [6.07, 6.45) is 4.84. The molecule has 4 heteroatoms. The first-order valence-corrected chi connectivity index (χ1v) is 7.52. The Kier molecular flexibility index (Phi) is 6.12. The monoisotopic (exact) mass is 308 g/mol. The Bertz CT molecular complexity index is 676. The summed E-state index contributed by atoms with van der Waals surface area (Å²) in [4.78, 5) is 22.9. The minimum atomic E-state index is -0.132. The van der Waals surface area contributed by atoms with E-state index in [9.17, 15) is 9.59 Å². The summed E-state index contributed by atoms with van der Waals surface area (Å²) in [7, 11) is 0. The van der Waals surface area contributed by atoms with Gasteiger partial charge in [0.1, 0.15) is 0 Å². The first-order valence-electron chi connectivity index (χ1n) is 7.52. The molecule has 0 aliphatic carbocycles. The van der Waals surface area contributed by atoms with Gasteiger partial charge in [-0.3, -0.25) is 9.59 Å². The summed E-state index contributed by atoms with van der Waals surface area (Å²) in [6.45, 7) is 2.03. The molecule has 0 unspecified atom stereocenters. The van der Waals surface area contributed by atoms with Crippen LogP contribution in [-0.2, 0) is 4.79 Å². The van der Waals surface area contributed by atoms with Crippen LogP contribution < -0.4 is 10.6 Å². The largest absolute Gasteiger partial charge is 0.352 e. The maximum Gasteiger partial charge on any atom is 0.251 e. The summed E-state index contributed by atoms with van der Waals surface area (Å²) in [6, 6.07) is 16.8. The van der Waals surface area contributed by atoms with Crippen LogP contribution in [-0.4, -0.2) is 18.4 Å². The minimum absolute atomic E-state index is 0.118. The van der Waals surface area contributed by atoms with Gasteiger partial charge in [0, 0.05) is 24.7 Å². The van der Waals surface area contributed by atoms with Gasteiger partial charge in [-0.05, 0) is 36.2 Å². The van der Waals surface area contributed by atoms with Crippen molar-refractivity contribution < 1.29 is 9.59 Å². The fourth-order valence-electron chi connectivity index (χ4n) is 2.06. The van der Waals surface area contributed by atoms with Crippen LogP contribution in [0, 0.1) is 0 Å². The quantitative estimate of drug-likeness (QED) is 0.803. The highest BCUT2D eigenvalue weighted by molar-refractivity contribution is 5.95. The molecule has 2 N–H and O–H groups in total. The highest BCUT2D eigenvalue weighted by Crippen LogP contribution is 2.09. The first kappa shape index (κ1) is 16.5. The number of nitrogens with one attached hydrogen (secondary N) is 2. The second kappa shape index (κ2) is 8.54. The van der Waals surface area contributed by atoms with Gasteiger partial charge in [0.25, 0.3) is 5.91 Å². The molecule has 4 nitrogen and oxygen atoms in total. The Morgan fingerprint density at radius 2 is 1.70 bits per heavy atom. The minimum Gasteiger partial charge on any atom is -0.352 e. The molecule has 0 atom stereocenters. The number of rotatable bonds is 6. The summed E-state index contributed by atoms with van der Waals surface area (Å²) in [5.74, 6) is -0.250. The van der Waals surface area contributed by atoms with E-state index in [0.717, 1.165) is 12.0 Å². The van der Waals surface area contributed by atoms with E-state index in [1.165, 1.54) is 6.92 Å². The standard InChI is InChI=1S/C19H20N2O2/c1-15(22)21-18-12-10-17(11-13-18)19(23)20-14-6-5-9-16-7-3-2-4-8-16/h2-5,7-13H,6,14H2,1H3,(H,20,23)(H,21,22)/b9-5+. The third kappa shape index (κ3) is 5.79. The zero-order valence-corrected chi connectivity index (χ0v) is 13.1. The second-order valence-corrected chi connectivity index (χ2v) is 5.12. The van der Waals surface area contributed by atoms with Crippen molar-refractivity contribution in [1.29, 1.82) is 0 Å². The smallest absolute Gasteiger partial charge is 0.251 e. The van der Waals surface area contributed by atoms with Gasteiger partial charge in [-0.25, -0.2) is 0 Å². The second-order valence-electron chi connectivity index (χ2n) is 5.12. The fourth-order valence-corrected chi connectivity index (χ4v) is 2.06. The van der Waals surface area contributed by atoms with Gasteiger partial charge in [-0.1, -0.05) is 42.5 Å². The summed E-state index contributed by atoms with van der Waals surface area (Å²) in [5.41, 5.74) is 2.40. The maximum atomic E-state index is 12.0. The molecule has 23 heavy (non-hydrogen) atoms. The molecule has 0 heterocycles. The Labute approximate surface area is 136 Å². The summed E-state index contributed by atoms with van der Waals surface area (Å²) >= 11 is 0. The lowest BCUT2D eigenvalue weighted by atomic mass is 10.2. The van der Waals surface area contributed by atoms with E-state index in [4.69, 9.17) is 0 Å². The molecular weight excluding hydrogens is 288 g/mol. The molecule has 0 aliphatic rings. The number of carbonyl (C=O) groups excluding carboxylic acids is 2. The summed E-state index contributed by atoms with van der Waals surface area (Å²) in [5, 5.41) is 5.53. The lowest BCUT2D eigenvalue weighted by Gasteiger charge is -2.05. The number of carbonyl (C=O) groups is 2. The van der Waals surface area contributed by atoms with Crippen LogP contribution in [0.4, 0.5) is 5.69 Å². The lowest BCUT2D eigenvalue weighted by molar-refractivity contribution is -0.114. The van der Waals surface area contributed by atoms with Crippen molar-refractivity contribution in [2.75, 3.05) is 11.9 Å². The number of amides is 2. The van der Waals surface area contributed by atoms with Crippen LogP contribution in [0.3, 0.4) is 0 Å². The molecule has 0 saturated heterocycles. The van der Waals surface area contributed by atoms with E-state index >= 15 is 0 Å². The number of benzene rings is 2. The average molecular weight is 308 g/mol. The van der Waals surface area contributed by atoms with Crippen LogP contribution in [0.2, 0.25) is 0 Å². The fraction of sp³-hybridized carbons (Fsp3) is 0.158. The van der Waals surface area contributed by atoms with Crippen molar-refractivity contribution in [2.24, 2.45) is 0 Å². The Balaban J connectivity index is 1.76. The molecule has 0 bridgehead atoms. The van der Waals surface area contributed by atoms with Gasteiger partial charge in [-0.15, -0.1) is 0 Å². The predicted octanol–water partition coefficient (Wildman–Crippen LogP) is 3.48. The zero-order valence-electron chi connectivity index (χ0n) is 13.1. The van der Waals surface area contributed by atoms with Crippen molar-refractivity contribution in [3.05, 3.63) is 71.8 Å². The van der Waals surface area contributed by atoms with Gasteiger partial charge >= 0.3 is 0 Å². The average Bonchev–Trinajstić information content (AvgIpc) is 2.55. The van der Waals surface area contributed by atoms with E-state index in [1.807, 2.05) is 42.5 Å². The van der Waals surface area contributed by atoms with Crippen LogP contribution >= 0.6 is 0 Å². The third-order valence-corrected chi connectivity index (χ3v) is 3.17. The Hall–Kier alpha value is -2.88. The third-order valence-electron chi connectivity index (χ3n) is 3.17. The van der Waals surface area contributed by atoms with Crippen molar-refractivity contribution in [3.63, 3.8) is 0 Å². The molecule has 0 fully saturated rings. The topological polar surface area (TPSA) is 58.2 Å². The van der Waals surface area contributed by atoms with Crippen molar-refractivity contribution in [2.45, 2.75) is 13.3 Å². The van der Waals surface area contributed by atoms with Gasteiger partial charge in [0.2, 0.25) is 5.91 Å². The molecule has 2 rings (SSSR count). The molecule has 2 aromatic rings. The number of hydrogen-bond donors (Lipinski definition) is 2. The van der Waals surface area contributed by atoms with Gasteiger partial charge in [0.05, 0.1) is 0 Å². The van der Waals surface area contributed by atoms with E-state index < -0.39 is 0 Å². The van der Waals surface area contributed by atoms with Crippen LogP contribution in [0.1, 0.15) is 29.3 Å². The van der Waals surface area contributed by atoms with Crippen LogP contribution in [0.5, 0.6) is 0 Å². The lowest BCUT2D eigenvalue weighted by Crippen LogP contribution is -2.24. The molecule has 0 radical (unpaired) electrons. The highest BCUT2D eigenvalue weighted by atomic mass is 16.2. The molecule has 2 aromatic carbocycles. The van der Waals surface area contributed by atoms with E-state index in [-0.39, 0.29) is 11.8 Å². The molecule has 0 saturated carbocycles.